The van der Waals surface area contributed by atoms with Gasteiger partial charge in [0.2, 0.25) is 0 Å². The van der Waals surface area contributed by atoms with Crippen LogP contribution in [0.15, 0.2) is 33.5 Å². The highest BCUT2D eigenvalue weighted by Crippen LogP contribution is 2.18. The van der Waals surface area contributed by atoms with Gasteiger partial charge in [-0.3, -0.25) is 4.79 Å². The highest BCUT2D eigenvalue weighted by Gasteiger charge is 2.28. The summed E-state index contributed by atoms with van der Waals surface area (Å²) in [7, 11) is 0. The van der Waals surface area contributed by atoms with E-state index in [0.29, 0.717) is 24.8 Å². The van der Waals surface area contributed by atoms with Crippen molar-refractivity contribution in [2.75, 3.05) is 32.7 Å². The Bertz CT molecular complexity index is 784. The number of carbonyl (C=O) groups is 1. The fourth-order valence-corrected chi connectivity index (χ4v) is 3.41. The second kappa shape index (κ2) is 6.41. The number of carbonyl (C=O) groups excluding carboxylic acids is 1. The molecule has 1 aromatic carbocycles. The van der Waals surface area contributed by atoms with Crippen LogP contribution in [0.4, 0.5) is 0 Å². The highest BCUT2D eigenvalue weighted by molar-refractivity contribution is 5.77. The van der Waals surface area contributed by atoms with Crippen molar-refractivity contribution in [3.8, 4) is 0 Å². The molecule has 1 aliphatic heterocycles. The number of fused-ring (bicyclic) bond motifs is 1. The number of piperazine rings is 1. The molecule has 4 rings (SSSR count). The van der Waals surface area contributed by atoms with E-state index >= 15 is 0 Å². The van der Waals surface area contributed by atoms with Crippen molar-refractivity contribution in [1.29, 1.82) is 0 Å². The van der Waals surface area contributed by atoms with Crippen LogP contribution >= 0.6 is 0 Å². The number of hydrogen-bond donors (Lipinski definition) is 3. The van der Waals surface area contributed by atoms with Gasteiger partial charge < -0.3 is 19.5 Å². The Morgan fingerprint density at radius 3 is 2.62 bits per heavy atom. The average molecular weight is 332 g/mol. The molecule has 0 unspecified atom stereocenters. The molecular weight excluding hydrogens is 308 g/mol. The molecule has 0 spiro atoms. The minimum absolute atomic E-state index is 0.174. The van der Waals surface area contributed by atoms with Gasteiger partial charge in [-0.25, -0.2) is 9.36 Å². The van der Waals surface area contributed by atoms with E-state index in [9.17, 15) is 9.59 Å². The Labute approximate surface area is 139 Å². The normalized spacial score (nSPS) is 24.2. The van der Waals surface area contributed by atoms with Crippen molar-refractivity contribution in [1.82, 2.24) is 9.88 Å². The molecule has 7 nitrogen and oxygen atoms in total. The molecule has 1 saturated heterocycles. The van der Waals surface area contributed by atoms with Crippen molar-refractivity contribution >= 4 is 17.0 Å². The first-order valence-electron chi connectivity index (χ1n) is 8.74. The van der Waals surface area contributed by atoms with Crippen LogP contribution in [0.1, 0.15) is 12.8 Å². The maximum Gasteiger partial charge on any atom is 0.424 e. The van der Waals surface area contributed by atoms with E-state index < -0.39 is 0 Å². The summed E-state index contributed by atoms with van der Waals surface area (Å²) in [5.74, 6) is -0.115. The summed E-state index contributed by atoms with van der Waals surface area (Å²) in [5.41, 5.74) is 1.50. The van der Waals surface area contributed by atoms with E-state index in [0.717, 1.165) is 44.5 Å². The summed E-state index contributed by atoms with van der Waals surface area (Å²) in [6.07, 6.45) is 2.26. The SMILES string of the molecule is O=C(C[NH+]1CC[NH+](Cn2c(=O)oc3ccccc32)CC1)NC1CC1. The van der Waals surface area contributed by atoms with Gasteiger partial charge in [-0.15, -0.1) is 0 Å². The number of nitrogens with one attached hydrogen (secondary N) is 3. The minimum Gasteiger partial charge on any atom is -0.408 e. The number of amides is 1. The van der Waals surface area contributed by atoms with E-state index in [1.165, 1.54) is 9.80 Å². The molecule has 2 aromatic rings. The maximum atomic E-state index is 12.1. The predicted octanol–water partition coefficient (Wildman–Crippen LogP) is -2.39. The molecule has 0 atom stereocenters. The fourth-order valence-electron chi connectivity index (χ4n) is 3.41. The number of para-hydroxylation sites is 2. The Morgan fingerprint density at radius 1 is 1.17 bits per heavy atom. The van der Waals surface area contributed by atoms with E-state index in [2.05, 4.69) is 5.32 Å². The Balaban J connectivity index is 1.33. The molecule has 0 bridgehead atoms. The van der Waals surface area contributed by atoms with Crippen molar-refractivity contribution in [2.24, 2.45) is 0 Å². The third kappa shape index (κ3) is 3.37. The van der Waals surface area contributed by atoms with Crippen LogP contribution in [0.5, 0.6) is 0 Å². The van der Waals surface area contributed by atoms with E-state index in [4.69, 9.17) is 4.42 Å². The topological polar surface area (TPSA) is 73.1 Å². The van der Waals surface area contributed by atoms with Gasteiger partial charge >= 0.3 is 5.76 Å². The van der Waals surface area contributed by atoms with Crippen molar-refractivity contribution in [3.63, 3.8) is 0 Å². The smallest absolute Gasteiger partial charge is 0.408 e. The molecule has 0 radical (unpaired) electrons. The zero-order chi connectivity index (χ0) is 16.5. The lowest BCUT2D eigenvalue weighted by Gasteiger charge is -2.29. The zero-order valence-corrected chi connectivity index (χ0v) is 13.7. The van der Waals surface area contributed by atoms with Gasteiger partial charge in [0.25, 0.3) is 5.91 Å². The Morgan fingerprint density at radius 2 is 1.88 bits per heavy atom. The standard InChI is InChI=1S/C17H22N4O3/c22-16(18-13-5-6-13)11-19-7-9-20(10-8-19)12-21-14-3-1-2-4-15(14)24-17(21)23/h1-4,13H,5-12H2,(H,18,22)/p+2. The molecule has 1 aliphatic carbocycles. The van der Waals surface area contributed by atoms with E-state index in [-0.39, 0.29) is 11.7 Å². The second-order valence-electron chi connectivity index (χ2n) is 6.94. The van der Waals surface area contributed by atoms with Gasteiger partial charge in [-0.1, -0.05) is 12.1 Å². The molecule has 2 heterocycles. The third-order valence-electron chi connectivity index (χ3n) is 4.97. The Hall–Kier alpha value is -2.12. The van der Waals surface area contributed by atoms with Crippen LogP contribution in [0.3, 0.4) is 0 Å². The van der Waals surface area contributed by atoms with Crippen molar-refractivity contribution in [3.05, 3.63) is 34.8 Å². The summed E-state index contributed by atoms with van der Waals surface area (Å²) in [6, 6.07) is 7.97. The number of nitrogens with zero attached hydrogens (tertiary/aromatic N) is 1. The molecular formula is C17H24N4O3+2. The molecule has 128 valence electrons. The van der Waals surface area contributed by atoms with Crippen LogP contribution < -0.4 is 20.9 Å². The lowest BCUT2D eigenvalue weighted by molar-refractivity contribution is -1.02. The first kappa shape index (κ1) is 15.4. The monoisotopic (exact) mass is 332 g/mol. The maximum absolute atomic E-state index is 12.1. The molecule has 1 saturated carbocycles. The van der Waals surface area contributed by atoms with Gasteiger partial charge in [0.1, 0.15) is 26.2 Å². The second-order valence-corrected chi connectivity index (χ2v) is 6.94. The van der Waals surface area contributed by atoms with E-state index in [1.54, 1.807) is 4.57 Å². The summed E-state index contributed by atoms with van der Waals surface area (Å²) in [5, 5.41) is 3.05. The quantitative estimate of drug-likeness (QED) is 0.572. The number of benzene rings is 1. The number of aromatic nitrogens is 1. The average Bonchev–Trinajstić information content (AvgIpc) is 3.33. The van der Waals surface area contributed by atoms with Gasteiger partial charge in [-0.05, 0) is 25.0 Å². The van der Waals surface area contributed by atoms with Gasteiger partial charge in [0.15, 0.2) is 18.8 Å². The molecule has 3 N–H and O–H groups in total. The van der Waals surface area contributed by atoms with Crippen LogP contribution in [0, 0.1) is 0 Å². The third-order valence-corrected chi connectivity index (χ3v) is 4.97. The first-order valence-corrected chi connectivity index (χ1v) is 8.74. The van der Waals surface area contributed by atoms with Crippen molar-refractivity contribution < 1.29 is 19.0 Å². The van der Waals surface area contributed by atoms with Crippen LogP contribution in [0.2, 0.25) is 0 Å². The molecule has 7 heteroatoms. The zero-order valence-electron chi connectivity index (χ0n) is 13.7. The van der Waals surface area contributed by atoms with Gasteiger partial charge in [-0.2, -0.15) is 0 Å². The van der Waals surface area contributed by atoms with Crippen LogP contribution in [-0.2, 0) is 11.5 Å². The molecule has 24 heavy (non-hydrogen) atoms. The summed E-state index contributed by atoms with van der Waals surface area (Å²) in [4.78, 5) is 26.6. The lowest BCUT2D eigenvalue weighted by Crippen LogP contribution is -3.28. The number of hydrogen-bond acceptors (Lipinski definition) is 3. The summed E-state index contributed by atoms with van der Waals surface area (Å²) < 4.78 is 7.01. The molecule has 2 aliphatic rings. The van der Waals surface area contributed by atoms with Crippen molar-refractivity contribution in [2.45, 2.75) is 25.6 Å². The minimum atomic E-state index is -0.290. The van der Waals surface area contributed by atoms with Gasteiger partial charge in [0, 0.05) is 6.04 Å². The first-order chi connectivity index (χ1) is 11.7. The predicted molar refractivity (Wildman–Crippen MR) is 87.9 cm³/mol. The highest BCUT2D eigenvalue weighted by atomic mass is 16.4. The van der Waals surface area contributed by atoms with Gasteiger partial charge in [0.05, 0.1) is 5.52 Å². The van der Waals surface area contributed by atoms with Crippen LogP contribution in [0.25, 0.3) is 11.1 Å². The molecule has 1 amide bonds. The summed E-state index contributed by atoms with van der Waals surface area (Å²) in [6.45, 7) is 5.02. The molecule has 2 fully saturated rings. The lowest BCUT2D eigenvalue weighted by atomic mass is 10.3. The molecule has 1 aromatic heterocycles. The number of rotatable bonds is 5. The fraction of sp³-hybridized carbons (Fsp3) is 0.529. The van der Waals surface area contributed by atoms with Crippen LogP contribution in [-0.4, -0.2) is 49.2 Å². The number of quaternary nitrogens is 2. The summed E-state index contributed by atoms with van der Waals surface area (Å²) >= 11 is 0. The number of oxazole rings is 1. The van der Waals surface area contributed by atoms with E-state index in [1.807, 2.05) is 24.3 Å². The largest absolute Gasteiger partial charge is 0.424 e. The Kier molecular flexibility index (Phi) is 4.12.